The first-order valence-electron chi connectivity index (χ1n) is 13.1. The van der Waals surface area contributed by atoms with Crippen LogP contribution in [0.5, 0.6) is 0 Å². The van der Waals surface area contributed by atoms with E-state index in [4.69, 9.17) is 0 Å². The van der Waals surface area contributed by atoms with E-state index in [2.05, 4.69) is 10.2 Å². The van der Waals surface area contributed by atoms with Gasteiger partial charge in [0.2, 0.25) is 5.91 Å². The Bertz CT molecular complexity index is 1260. The second-order valence-electron chi connectivity index (χ2n) is 10.1. The van der Waals surface area contributed by atoms with Crippen molar-refractivity contribution in [2.24, 2.45) is 0 Å². The summed E-state index contributed by atoms with van der Waals surface area (Å²) in [6, 6.07) is 22.7. The van der Waals surface area contributed by atoms with Gasteiger partial charge in [-0.3, -0.25) is 14.4 Å². The molecule has 1 saturated heterocycles. The van der Waals surface area contributed by atoms with E-state index in [0.29, 0.717) is 24.3 Å². The van der Waals surface area contributed by atoms with Gasteiger partial charge in [-0.15, -0.1) is 0 Å². The monoisotopic (exact) mass is 512 g/mol. The zero-order valence-electron chi connectivity index (χ0n) is 22.6. The molecular formula is C31H36N4O3. The van der Waals surface area contributed by atoms with Crippen LogP contribution in [0.1, 0.15) is 45.7 Å². The molecule has 3 amide bonds. The van der Waals surface area contributed by atoms with Crippen molar-refractivity contribution in [2.45, 2.75) is 33.7 Å². The minimum atomic E-state index is -0.241. The number of benzene rings is 3. The Morgan fingerprint density at radius 3 is 1.82 bits per heavy atom. The number of hydrogen-bond acceptors (Lipinski definition) is 4. The van der Waals surface area contributed by atoms with Crippen LogP contribution >= 0.6 is 0 Å². The van der Waals surface area contributed by atoms with Gasteiger partial charge in [-0.25, -0.2) is 0 Å². The van der Waals surface area contributed by atoms with Crippen molar-refractivity contribution in [3.63, 3.8) is 0 Å². The highest BCUT2D eigenvalue weighted by molar-refractivity contribution is 5.99. The Kier molecular flexibility index (Phi) is 8.46. The number of amides is 3. The topological polar surface area (TPSA) is 73.0 Å². The molecular weight excluding hydrogens is 476 g/mol. The zero-order chi connectivity index (χ0) is 27.2. The predicted molar refractivity (Wildman–Crippen MR) is 152 cm³/mol. The Hall–Kier alpha value is -4.13. The van der Waals surface area contributed by atoms with Crippen LogP contribution in [0.25, 0.3) is 0 Å². The van der Waals surface area contributed by atoms with Crippen molar-refractivity contribution in [2.75, 3.05) is 42.9 Å². The van der Waals surface area contributed by atoms with Crippen LogP contribution in [0.15, 0.2) is 72.8 Å². The standard InChI is InChI=1S/C31H36N4O3/c1-22(2)35(31(38)26-11-7-24(4)8-12-26)21-29(36)32-27-13-15-28(16-14-27)33-17-19-34(20-18-33)30(37)25-9-5-23(3)6-10-25/h5-16,22H,17-21H2,1-4H3,(H,32,36). The Balaban J connectivity index is 1.30. The summed E-state index contributed by atoms with van der Waals surface area (Å²) in [6.45, 7) is 10.6. The summed E-state index contributed by atoms with van der Waals surface area (Å²) in [5.74, 6) is -0.334. The fourth-order valence-electron chi connectivity index (χ4n) is 4.51. The molecule has 3 aromatic carbocycles. The van der Waals surface area contributed by atoms with Gasteiger partial charge in [-0.2, -0.15) is 0 Å². The van der Waals surface area contributed by atoms with Crippen LogP contribution in [0.2, 0.25) is 0 Å². The molecule has 1 aliphatic rings. The summed E-state index contributed by atoms with van der Waals surface area (Å²) in [5.41, 5.74) is 5.24. The number of rotatable bonds is 7. The smallest absolute Gasteiger partial charge is 0.254 e. The molecule has 198 valence electrons. The maximum absolute atomic E-state index is 13.0. The third-order valence-corrected chi connectivity index (χ3v) is 6.88. The summed E-state index contributed by atoms with van der Waals surface area (Å²) in [4.78, 5) is 44.3. The minimum absolute atomic E-state index is 0.0247. The van der Waals surface area contributed by atoms with Gasteiger partial charge in [0, 0.05) is 54.7 Å². The lowest BCUT2D eigenvalue weighted by Gasteiger charge is -2.36. The molecule has 0 saturated carbocycles. The number of nitrogens with zero attached hydrogens (tertiary/aromatic N) is 3. The molecule has 0 unspecified atom stereocenters. The average molecular weight is 513 g/mol. The molecule has 4 rings (SSSR count). The van der Waals surface area contributed by atoms with Gasteiger partial charge in [0.05, 0.1) is 0 Å². The van der Waals surface area contributed by atoms with Gasteiger partial charge in [0.25, 0.3) is 11.8 Å². The van der Waals surface area contributed by atoms with Crippen molar-refractivity contribution in [1.29, 1.82) is 0 Å². The van der Waals surface area contributed by atoms with Gasteiger partial charge in [-0.1, -0.05) is 35.4 Å². The lowest BCUT2D eigenvalue weighted by atomic mass is 10.1. The van der Waals surface area contributed by atoms with Crippen LogP contribution in [0.3, 0.4) is 0 Å². The minimum Gasteiger partial charge on any atom is -0.368 e. The molecule has 38 heavy (non-hydrogen) atoms. The Morgan fingerprint density at radius 2 is 1.29 bits per heavy atom. The van der Waals surface area contributed by atoms with E-state index in [-0.39, 0.29) is 30.3 Å². The summed E-state index contributed by atoms with van der Waals surface area (Å²) in [6.07, 6.45) is 0. The second kappa shape index (κ2) is 11.9. The van der Waals surface area contributed by atoms with Crippen molar-refractivity contribution in [3.05, 3.63) is 95.1 Å². The number of aryl methyl sites for hydroxylation is 2. The highest BCUT2D eigenvalue weighted by Crippen LogP contribution is 2.21. The molecule has 1 heterocycles. The summed E-state index contributed by atoms with van der Waals surface area (Å²) >= 11 is 0. The van der Waals surface area contributed by atoms with E-state index in [1.165, 1.54) is 0 Å². The molecule has 0 radical (unpaired) electrons. The maximum atomic E-state index is 13.0. The molecule has 1 N–H and O–H groups in total. The van der Waals surface area contributed by atoms with E-state index in [0.717, 1.165) is 35.5 Å². The van der Waals surface area contributed by atoms with Gasteiger partial charge in [-0.05, 0) is 76.2 Å². The third kappa shape index (κ3) is 6.59. The molecule has 7 heteroatoms. The fraction of sp³-hybridized carbons (Fsp3) is 0.323. The molecule has 3 aromatic rings. The molecule has 0 atom stereocenters. The SMILES string of the molecule is Cc1ccc(C(=O)N2CCN(c3ccc(NC(=O)CN(C(=O)c4ccc(C)cc4)C(C)C)cc3)CC2)cc1. The zero-order valence-corrected chi connectivity index (χ0v) is 22.6. The first kappa shape index (κ1) is 26.9. The molecule has 0 aromatic heterocycles. The number of carbonyl (C=O) groups is 3. The molecule has 0 aliphatic carbocycles. The van der Waals surface area contributed by atoms with Crippen LogP contribution in [0, 0.1) is 13.8 Å². The molecule has 0 spiro atoms. The van der Waals surface area contributed by atoms with Gasteiger partial charge in [0.15, 0.2) is 0 Å². The third-order valence-electron chi connectivity index (χ3n) is 6.88. The van der Waals surface area contributed by atoms with Gasteiger partial charge >= 0.3 is 0 Å². The van der Waals surface area contributed by atoms with E-state index in [1.54, 1.807) is 17.0 Å². The molecule has 1 fully saturated rings. The van der Waals surface area contributed by atoms with Crippen molar-refractivity contribution in [3.8, 4) is 0 Å². The second-order valence-corrected chi connectivity index (χ2v) is 10.1. The quantitative estimate of drug-likeness (QED) is 0.496. The number of nitrogens with one attached hydrogen (secondary N) is 1. The number of anilines is 2. The first-order chi connectivity index (χ1) is 18.2. The van der Waals surface area contributed by atoms with E-state index in [9.17, 15) is 14.4 Å². The highest BCUT2D eigenvalue weighted by Gasteiger charge is 2.23. The van der Waals surface area contributed by atoms with E-state index >= 15 is 0 Å². The molecule has 1 aliphatic heterocycles. The number of carbonyl (C=O) groups excluding carboxylic acids is 3. The van der Waals surface area contributed by atoms with Crippen LogP contribution < -0.4 is 10.2 Å². The normalized spacial score (nSPS) is 13.4. The van der Waals surface area contributed by atoms with Crippen LogP contribution in [-0.2, 0) is 4.79 Å². The molecule has 7 nitrogen and oxygen atoms in total. The number of hydrogen-bond donors (Lipinski definition) is 1. The predicted octanol–water partition coefficient (Wildman–Crippen LogP) is 4.76. The lowest BCUT2D eigenvalue weighted by Crippen LogP contribution is -2.48. The van der Waals surface area contributed by atoms with Crippen molar-refractivity contribution < 1.29 is 14.4 Å². The maximum Gasteiger partial charge on any atom is 0.254 e. The van der Waals surface area contributed by atoms with E-state index in [1.807, 2.05) is 93.3 Å². The summed E-state index contributed by atoms with van der Waals surface area (Å²) in [5, 5.41) is 2.91. The van der Waals surface area contributed by atoms with Gasteiger partial charge in [0.1, 0.15) is 6.54 Å². The average Bonchev–Trinajstić information content (AvgIpc) is 2.92. The first-order valence-corrected chi connectivity index (χ1v) is 13.1. The summed E-state index contributed by atoms with van der Waals surface area (Å²) in [7, 11) is 0. The highest BCUT2D eigenvalue weighted by atomic mass is 16.2. The molecule has 0 bridgehead atoms. The van der Waals surface area contributed by atoms with E-state index < -0.39 is 0 Å². The van der Waals surface area contributed by atoms with Crippen molar-refractivity contribution >= 4 is 29.1 Å². The van der Waals surface area contributed by atoms with Gasteiger partial charge < -0.3 is 20.0 Å². The lowest BCUT2D eigenvalue weighted by molar-refractivity contribution is -0.117. The van der Waals surface area contributed by atoms with Crippen LogP contribution in [0.4, 0.5) is 11.4 Å². The largest absolute Gasteiger partial charge is 0.368 e. The fourth-order valence-corrected chi connectivity index (χ4v) is 4.51. The number of piperazine rings is 1. The Labute approximate surface area is 225 Å². The summed E-state index contributed by atoms with van der Waals surface area (Å²) < 4.78 is 0. The van der Waals surface area contributed by atoms with Crippen LogP contribution in [-0.4, -0.2) is 66.3 Å². The van der Waals surface area contributed by atoms with Crippen molar-refractivity contribution in [1.82, 2.24) is 9.80 Å². The Morgan fingerprint density at radius 1 is 0.763 bits per heavy atom.